The zero-order valence-corrected chi connectivity index (χ0v) is 25.2. The minimum atomic E-state index is -3.84. The highest BCUT2D eigenvalue weighted by Gasteiger charge is 2.34. The molecule has 1 aliphatic carbocycles. The van der Waals surface area contributed by atoms with Crippen molar-refractivity contribution >= 4 is 39.1 Å². The minimum absolute atomic E-state index is 0.0624. The van der Waals surface area contributed by atoms with Crippen LogP contribution in [0, 0.1) is 6.92 Å². The van der Waals surface area contributed by atoms with Gasteiger partial charge in [0.2, 0.25) is 21.8 Å². The van der Waals surface area contributed by atoms with E-state index in [1.54, 1.807) is 25.1 Å². The highest BCUT2D eigenvalue weighted by molar-refractivity contribution is 7.92. The molecule has 0 aromatic heterocycles. The lowest BCUT2D eigenvalue weighted by molar-refractivity contribution is -0.140. The minimum Gasteiger partial charge on any atom is -0.352 e. The van der Waals surface area contributed by atoms with Gasteiger partial charge in [-0.25, -0.2) is 8.42 Å². The Morgan fingerprint density at radius 2 is 1.54 bits per heavy atom. The van der Waals surface area contributed by atoms with E-state index in [4.69, 9.17) is 11.6 Å². The maximum absolute atomic E-state index is 14.2. The number of benzene rings is 3. The number of nitrogens with zero attached hydrogens (tertiary/aromatic N) is 2. The second-order valence-corrected chi connectivity index (χ2v) is 13.1. The van der Waals surface area contributed by atoms with Crippen molar-refractivity contribution in [1.82, 2.24) is 10.2 Å². The molecule has 1 aliphatic rings. The van der Waals surface area contributed by atoms with Gasteiger partial charge >= 0.3 is 0 Å². The van der Waals surface area contributed by atoms with Crippen molar-refractivity contribution in [3.63, 3.8) is 0 Å². The Morgan fingerprint density at radius 1 is 0.927 bits per heavy atom. The van der Waals surface area contributed by atoms with Crippen LogP contribution in [0.5, 0.6) is 0 Å². The molecule has 0 saturated heterocycles. The third kappa shape index (κ3) is 8.57. The Hall–Kier alpha value is -3.36. The van der Waals surface area contributed by atoms with Crippen LogP contribution in [0.2, 0.25) is 5.02 Å². The summed E-state index contributed by atoms with van der Waals surface area (Å²) < 4.78 is 27.1. The quantitative estimate of drug-likeness (QED) is 0.317. The first-order chi connectivity index (χ1) is 19.6. The summed E-state index contributed by atoms with van der Waals surface area (Å²) in [7, 11) is -3.84. The molecule has 3 aromatic carbocycles. The molecule has 3 aromatic rings. The van der Waals surface area contributed by atoms with E-state index in [2.05, 4.69) is 5.32 Å². The number of hydrogen-bond acceptors (Lipinski definition) is 4. The van der Waals surface area contributed by atoms with Crippen LogP contribution in [0.4, 0.5) is 5.69 Å². The van der Waals surface area contributed by atoms with E-state index in [0.717, 1.165) is 53.8 Å². The maximum atomic E-state index is 14.2. The summed E-state index contributed by atoms with van der Waals surface area (Å²) in [5.74, 6) is -0.688. The van der Waals surface area contributed by atoms with Crippen LogP contribution in [0.1, 0.15) is 48.8 Å². The summed E-state index contributed by atoms with van der Waals surface area (Å²) >= 11 is 6.13. The number of hydrogen-bond donors (Lipinski definition) is 1. The highest BCUT2D eigenvalue weighted by atomic mass is 35.5. The number of aryl methyl sites for hydroxylation is 1. The molecule has 0 radical (unpaired) electrons. The van der Waals surface area contributed by atoms with E-state index < -0.39 is 28.5 Å². The fourth-order valence-electron chi connectivity index (χ4n) is 5.37. The van der Waals surface area contributed by atoms with Crippen LogP contribution in [-0.4, -0.2) is 50.0 Å². The van der Waals surface area contributed by atoms with Gasteiger partial charge in [-0.3, -0.25) is 13.9 Å². The monoisotopic (exact) mass is 595 g/mol. The number of carbonyl (C=O) groups is 2. The van der Waals surface area contributed by atoms with E-state index in [1.165, 1.54) is 4.90 Å². The first-order valence-electron chi connectivity index (χ1n) is 14.0. The van der Waals surface area contributed by atoms with Crippen LogP contribution >= 0.6 is 11.6 Å². The second kappa shape index (κ2) is 14.0. The van der Waals surface area contributed by atoms with Gasteiger partial charge < -0.3 is 10.2 Å². The fourth-order valence-corrected chi connectivity index (χ4v) is 6.51. The molecule has 2 amide bonds. The van der Waals surface area contributed by atoms with Gasteiger partial charge in [0.1, 0.15) is 12.6 Å². The standard InChI is InChI=1S/C32H38ClN3O4S/c1-24-20-27(33)18-19-29(24)36(41(2,39)40)23-31(37)35(22-26-14-8-4-9-15-26)30(21-25-12-6-3-7-13-25)32(38)34-28-16-10-5-11-17-28/h3-4,6-9,12-15,18-20,28,30H,5,10-11,16-17,21-23H2,1-2H3,(H,34,38)/t30-/m0/s1. The number of sulfonamides is 1. The zero-order chi connectivity index (χ0) is 29.4. The Kier molecular flexibility index (Phi) is 10.5. The molecule has 0 aliphatic heterocycles. The lowest BCUT2D eigenvalue weighted by Crippen LogP contribution is -2.55. The molecule has 0 spiro atoms. The molecule has 4 rings (SSSR count). The predicted molar refractivity (Wildman–Crippen MR) is 164 cm³/mol. The molecule has 0 unspecified atom stereocenters. The van der Waals surface area contributed by atoms with Crippen LogP contribution in [0.15, 0.2) is 78.9 Å². The summed E-state index contributed by atoms with van der Waals surface area (Å²) in [5, 5.41) is 3.68. The molecule has 218 valence electrons. The van der Waals surface area contributed by atoms with Crippen molar-refractivity contribution in [2.45, 2.75) is 64.1 Å². The molecular weight excluding hydrogens is 558 g/mol. The molecule has 7 nitrogen and oxygen atoms in total. The van der Waals surface area contributed by atoms with Gasteiger partial charge in [0.25, 0.3) is 0 Å². The predicted octanol–water partition coefficient (Wildman–Crippen LogP) is 5.50. The summed E-state index contributed by atoms with van der Waals surface area (Å²) in [6.07, 6.45) is 6.48. The average molecular weight is 596 g/mol. The Balaban J connectivity index is 1.72. The normalized spacial score (nSPS) is 14.7. The van der Waals surface area contributed by atoms with Gasteiger partial charge in [0.05, 0.1) is 11.9 Å². The van der Waals surface area contributed by atoms with E-state index in [0.29, 0.717) is 22.7 Å². The number of anilines is 1. The van der Waals surface area contributed by atoms with E-state index in [1.807, 2.05) is 60.7 Å². The smallest absolute Gasteiger partial charge is 0.244 e. The van der Waals surface area contributed by atoms with Gasteiger partial charge in [-0.15, -0.1) is 0 Å². The zero-order valence-electron chi connectivity index (χ0n) is 23.6. The van der Waals surface area contributed by atoms with Gasteiger partial charge in [-0.05, 0) is 54.7 Å². The maximum Gasteiger partial charge on any atom is 0.244 e. The van der Waals surface area contributed by atoms with Crippen molar-refractivity contribution in [1.29, 1.82) is 0 Å². The van der Waals surface area contributed by atoms with Gasteiger partial charge in [0.15, 0.2) is 0 Å². The van der Waals surface area contributed by atoms with Crippen LogP contribution < -0.4 is 9.62 Å². The topological polar surface area (TPSA) is 86.8 Å². The molecule has 0 heterocycles. The largest absolute Gasteiger partial charge is 0.352 e. The fraction of sp³-hybridized carbons (Fsp3) is 0.375. The molecule has 1 atom stereocenters. The number of rotatable bonds is 11. The van der Waals surface area contributed by atoms with Crippen molar-refractivity contribution in [3.05, 3.63) is 101 Å². The lowest BCUT2D eigenvalue weighted by atomic mass is 9.94. The van der Waals surface area contributed by atoms with Gasteiger partial charge in [-0.2, -0.15) is 0 Å². The number of halogens is 1. The Morgan fingerprint density at radius 3 is 2.12 bits per heavy atom. The lowest BCUT2D eigenvalue weighted by Gasteiger charge is -2.35. The van der Waals surface area contributed by atoms with Crippen LogP contribution in [0.3, 0.4) is 0 Å². The SMILES string of the molecule is Cc1cc(Cl)ccc1N(CC(=O)N(Cc1ccccc1)[C@@H](Cc1ccccc1)C(=O)NC1CCCCC1)S(C)(=O)=O. The second-order valence-electron chi connectivity index (χ2n) is 10.8. The van der Waals surface area contributed by atoms with Gasteiger partial charge in [-0.1, -0.05) is 91.5 Å². The number of amides is 2. The molecule has 9 heteroatoms. The summed E-state index contributed by atoms with van der Waals surface area (Å²) in [6, 6.07) is 23.1. The Bertz CT molecular complexity index is 1430. The summed E-state index contributed by atoms with van der Waals surface area (Å²) in [5.41, 5.74) is 2.76. The van der Waals surface area contributed by atoms with Crippen molar-refractivity contribution in [2.75, 3.05) is 17.1 Å². The van der Waals surface area contributed by atoms with Crippen molar-refractivity contribution < 1.29 is 18.0 Å². The third-order valence-electron chi connectivity index (χ3n) is 7.53. The molecular formula is C32H38ClN3O4S. The molecule has 0 bridgehead atoms. The summed E-state index contributed by atoms with van der Waals surface area (Å²) in [4.78, 5) is 29.7. The average Bonchev–Trinajstić information content (AvgIpc) is 2.95. The Labute approximate surface area is 248 Å². The van der Waals surface area contributed by atoms with E-state index in [-0.39, 0.29) is 18.5 Å². The van der Waals surface area contributed by atoms with Crippen molar-refractivity contribution in [3.8, 4) is 0 Å². The summed E-state index contributed by atoms with van der Waals surface area (Å²) in [6.45, 7) is 1.46. The first-order valence-corrected chi connectivity index (χ1v) is 16.3. The van der Waals surface area contributed by atoms with E-state index >= 15 is 0 Å². The first kappa shape index (κ1) is 30.6. The number of nitrogens with one attached hydrogen (secondary N) is 1. The van der Waals surface area contributed by atoms with Crippen LogP contribution in [-0.2, 0) is 32.6 Å². The number of carbonyl (C=O) groups excluding carboxylic acids is 2. The van der Waals surface area contributed by atoms with E-state index in [9.17, 15) is 18.0 Å². The molecule has 41 heavy (non-hydrogen) atoms. The molecule has 1 saturated carbocycles. The molecule has 1 fully saturated rings. The highest BCUT2D eigenvalue weighted by Crippen LogP contribution is 2.26. The molecule has 1 N–H and O–H groups in total. The van der Waals surface area contributed by atoms with Crippen LogP contribution in [0.25, 0.3) is 0 Å². The third-order valence-corrected chi connectivity index (χ3v) is 8.89. The van der Waals surface area contributed by atoms with Crippen molar-refractivity contribution in [2.24, 2.45) is 0 Å². The van der Waals surface area contributed by atoms with Gasteiger partial charge in [0, 0.05) is 24.0 Å².